The first-order chi connectivity index (χ1) is 9.41. The van der Waals surface area contributed by atoms with E-state index in [4.69, 9.17) is 4.74 Å². The quantitative estimate of drug-likeness (QED) is 0.759. The van der Waals surface area contributed by atoms with Crippen molar-refractivity contribution in [3.05, 3.63) is 34.2 Å². The summed E-state index contributed by atoms with van der Waals surface area (Å²) in [6, 6.07) is 6.14. The van der Waals surface area contributed by atoms with Crippen LogP contribution in [-0.4, -0.2) is 28.7 Å². The Kier molecular flexibility index (Phi) is 4.30. The summed E-state index contributed by atoms with van der Waals surface area (Å²) in [4.78, 5) is 16.8. The van der Waals surface area contributed by atoms with Crippen LogP contribution < -0.4 is 11.0 Å². The monoisotopic (exact) mass is 277 g/mol. The molecule has 1 heterocycles. The zero-order valence-electron chi connectivity index (χ0n) is 12.5. The third-order valence-electron chi connectivity index (χ3n) is 3.41. The van der Waals surface area contributed by atoms with Crippen molar-refractivity contribution < 1.29 is 4.74 Å². The molecule has 0 spiro atoms. The van der Waals surface area contributed by atoms with E-state index in [1.165, 1.54) is 0 Å². The number of ether oxygens (including phenoxy) is 1. The number of aromatic amines is 2. The number of benzene rings is 1. The number of fused-ring (bicyclic) bond motifs is 1. The third-order valence-corrected chi connectivity index (χ3v) is 3.41. The fourth-order valence-corrected chi connectivity index (χ4v) is 2.28. The lowest BCUT2D eigenvalue weighted by Crippen LogP contribution is -2.38. The molecule has 1 unspecified atom stereocenters. The second-order valence-corrected chi connectivity index (χ2v) is 5.68. The van der Waals surface area contributed by atoms with E-state index < -0.39 is 0 Å². The summed E-state index contributed by atoms with van der Waals surface area (Å²) in [6.07, 6.45) is 0. The van der Waals surface area contributed by atoms with Crippen molar-refractivity contribution in [3.8, 4) is 0 Å². The first-order valence-corrected chi connectivity index (χ1v) is 7.00. The zero-order valence-corrected chi connectivity index (χ0v) is 12.5. The SMILES string of the molecule is CCOC(C)(C)CNC(C)c1ccc2[nH]c(=O)[nH]c2c1. The molecule has 20 heavy (non-hydrogen) atoms. The molecule has 110 valence electrons. The Balaban J connectivity index is 2.07. The van der Waals surface area contributed by atoms with Gasteiger partial charge in [0, 0.05) is 19.2 Å². The van der Waals surface area contributed by atoms with Crippen LogP contribution in [-0.2, 0) is 4.74 Å². The zero-order chi connectivity index (χ0) is 14.8. The maximum absolute atomic E-state index is 11.3. The average Bonchev–Trinajstić information content (AvgIpc) is 2.75. The van der Waals surface area contributed by atoms with Crippen molar-refractivity contribution in [2.45, 2.75) is 39.3 Å². The van der Waals surface area contributed by atoms with Crippen LogP contribution >= 0.6 is 0 Å². The lowest BCUT2D eigenvalue weighted by molar-refractivity contribution is -0.0103. The average molecular weight is 277 g/mol. The summed E-state index contributed by atoms with van der Waals surface area (Å²) in [5, 5.41) is 3.47. The molecule has 2 aromatic rings. The summed E-state index contributed by atoms with van der Waals surface area (Å²) >= 11 is 0. The molecule has 0 saturated heterocycles. The van der Waals surface area contributed by atoms with Gasteiger partial charge in [-0.3, -0.25) is 0 Å². The Morgan fingerprint density at radius 3 is 2.70 bits per heavy atom. The van der Waals surface area contributed by atoms with Gasteiger partial charge in [-0.1, -0.05) is 6.07 Å². The Bertz CT molecular complexity index is 627. The van der Waals surface area contributed by atoms with Crippen LogP contribution in [0.25, 0.3) is 11.0 Å². The summed E-state index contributed by atoms with van der Waals surface area (Å²) in [7, 11) is 0. The van der Waals surface area contributed by atoms with Crippen LogP contribution in [0.5, 0.6) is 0 Å². The van der Waals surface area contributed by atoms with Crippen LogP contribution in [0.4, 0.5) is 0 Å². The largest absolute Gasteiger partial charge is 0.375 e. The molecule has 0 radical (unpaired) electrons. The molecule has 0 aliphatic heterocycles. The lowest BCUT2D eigenvalue weighted by Gasteiger charge is -2.27. The van der Waals surface area contributed by atoms with Crippen molar-refractivity contribution in [3.63, 3.8) is 0 Å². The molecule has 5 nitrogen and oxygen atoms in total. The number of rotatable bonds is 6. The highest BCUT2D eigenvalue weighted by molar-refractivity contribution is 5.75. The standard InChI is InChI=1S/C15H23N3O2/c1-5-20-15(3,4)9-16-10(2)11-6-7-12-13(8-11)18-14(19)17-12/h6-8,10,16H,5,9H2,1-4H3,(H2,17,18,19). The van der Waals surface area contributed by atoms with E-state index in [1.54, 1.807) is 0 Å². The molecule has 5 heteroatoms. The highest BCUT2D eigenvalue weighted by Crippen LogP contribution is 2.18. The van der Waals surface area contributed by atoms with Gasteiger partial charge in [0.1, 0.15) is 0 Å². The summed E-state index contributed by atoms with van der Waals surface area (Å²) < 4.78 is 5.67. The highest BCUT2D eigenvalue weighted by atomic mass is 16.5. The normalized spacial score (nSPS) is 13.8. The van der Waals surface area contributed by atoms with Gasteiger partial charge >= 0.3 is 5.69 Å². The van der Waals surface area contributed by atoms with E-state index in [-0.39, 0.29) is 17.3 Å². The van der Waals surface area contributed by atoms with Gasteiger partial charge in [-0.25, -0.2) is 4.79 Å². The predicted molar refractivity (Wildman–Crippen MR) is 81.0 cm³/mol. The lowest BCUT2D eigenvalue weighted by atomic mass is 10.1. The van der Waals surface area contributed by atoms with E-state index in [0.29, 0.717) is 6.61 Å². The van der Waals surface area contributed by atoms with Gasteiger partial charge in [-0.15, -0.1) is 0 Å². The Hall–Kier alpha value is -1.59. The molecule has 0 aliphatic carbocycles. The predicted octanol–water partition coefficient (Wildman–Crippen LogP) is 2.32. The minimum absolute atomic E-state index is 0.171. The molecule has 0 fully saturated rings. The number of nitrogens with one attached hydrogen (secondary N) is 3. The second-order valence-electron chi connectivity index (χ2n) is 5.68. The molecule has 1 aromatic carbocycles. The van der Waals surface area contributed by atoms with E-state index in [1.807, 2.05) is 25.1 Å². The maximum atomic E-state index is 11.3. The van der Waals surface area contributed by atoms with Crippen LogP contribution in [0.3, 0.4) is 0 Å². The third kappa shape index (κ3) is 3.49. The number of hydrogen-bond donors (Lipinski definition) is 3. The minimum Gasteiger partial charge on any atom is -0.375 e. The van der Waals surface area contributed by atoms with Crippen LogP contribution in [0.15, 0.2) is 23.0 Å². The molecule has 0 aliphatic rings. The smallest absolute Gasteiger partial charge is 0.323 e. The Morgan fingerprint density at radius 2 is 2.00 bits per heavy atom. The molecular formula is C15H23N3O2. The van der Waals surface area contributed by atoms with Crippen molar-refractivity contribution in [1.29, 1.82) is 0 Å². The molecule has 3 N–H and O–H groups in total. The van der Waals surface area contributed by atoms with Crippen molar-refractivity contribution in [1.82, 2.24) is 15.3 Å². The van der Waals surface area contributed by atoms with E-state index in [2.05, 4.69) is 36.1 Å². The van der Waals surface area contributed by atoms with E-state index >= 15 is 0 Å². The first-order valence-electron chi connectivity index (χ1n) is 7.00. The number of imidazole rings is 1. The van der Waals surface area contributed by atoms with Gasteiger partial charge < -0.3 is 20.0 Å². The number of H-pyrrole nitrogens is 2. The molecule has 1 aromatic heterocycles. The molecule has 1 atom stereocenters. The van der Waals surface area contributed by atoms with Crippen molar-refractivity contribution in [2.75, 3.05) is 13.2 Å². The molecule has 2 rings (SSSR count). The first kappa shape index (κ1) is 14.8. The summed E-state index contributed by atoms with van der Waals surface area (Å²) in [5.41, 5.74) is 2.45. The topological polar surface area (TPSA) is 69.9 Å². The maximum Gasteiger partial charge on any atom is 0.323 e. The van der Waals surface area contributed by atoms with Gasteiger partial charge in [0.05, 0.1) is 16.6 Å². The van der Waals surface area contributed by atoms with Gasteiger partial charge in [0.25, 0.3) is 0 Å². The van der Waals surface area contributed by atoms with Crippen molar-refractivity contribution >= 4 is 11.0 Å². The molecule has 0 amide bonds. The molecule has 0 bridgehead atoms. The second kappa shape index (κ2) is 5.81. The van der Waals surface area contributed by atoms with Crippen LogP contribution in [0.2, 0.25) is 0 Å². The Labute approximate surface area is 118 Å². The number of hydrogen-bond acceptors (Lipinski definition) is 3. The van der Waals surface area contributed by atoms with Crippen LogP contribution in [0.1, 0.15) is 39.3 Å². The van der Waals surface area contributed by atoms with Gasteiger partial charge in [0.15, 0.2) is 0 Å². The fraction of sp³-hybridized carbons (Fsp3) is 0.533. The number of aromatic nitrogens is 2. The van der Waals surface area contributed by atoms with E-state index in [0.717, 1.165) is 23.1 Å². The van der Waals surface area contributed by atoms with Gasteiger partial charge in [-0.05, 0) is 45.4 Å². The molecular weight excluding hydrogens is 254 g/mol. The van der Waals surface area contributed by atoms with Gasteiger partial charge in [0.2, 0.25) is 0 Å². The van der Waals surface area contributed by atoms with Gasteiger partial charge in [-0.2, -0.15) is 0 Å². The Morgan fingerprint density at radius 1 is 1.30 bits per heavy atom. The molecule has 0 saturated carbocycles. The summed E-state index contributed by atoms with van der Waals surface area (Å²) in [6.45, 7) is 9.73. The fourth-order valence-electron chi connectivity index (χ4n) is 2.28. The van der Waals surface area contributed by atoms with Crippen molar-refractivity contribution in [2.24, 2.45) is 0 Å². The van der Waals surface area contributed by atoms with E-state index in [9.17, 15) is 4.79 Å². The highest BCUT2D eigenvalue weighted by Gasteiger charge is 2.18. The van der Waals surface area contributed by atoms with Crippen LogP contribution in [0, 0.1) is 0 Å². The summed E-state index contributed by atoms with van der Waals surface area (Å²) in [5.74, 6) is 0. The minimum atomic E-state index is -0.185.